The molecule has 0 saturated carbocycles. The molecule has 0 aliphatic rings. The Morgan fingerprint density at radius 3 is 2.50 bits per heavy atom. The summed E-state index contributed by atoms with van der Waals surface area (Å²) < 4.78 is 29.7. The number of nitrogens with zero attached hydrogens (tertiary/aromatic N) is 4. The molecule has 0 unspecified atom stereocenters. The van der Waals surface area contributed by atoms with Crippen molar-refractivity contribution in [1.29, 1.82) is 0 Å². The number of anilines is 1. The molecule has 0 bridgehead atoms. The van der Waals surface area contributed by atoms with Crippen LogP contribution in [0, 0.1) is 13.8 Å². The van der Waals surface area contributed by atoms with Gasteiger partial charge in [-0.05, 0) is 61.4 Å². The molecule has 142 valence electrons. The summed E-state index contributed by atoms with van der Waals surface area (Å²) in [6.07, 6.45) is 1.53. The second kappa shape index (κ2) is 6.88. The molecule has 0 spiro atoms. The first-order valence-electron chi connectivity index (χ1n) is 8.40. The van der Waals surface area contributed by atoms with E-state index in [1.807, 2.05) is 12.1 Å². The molecule has 2 aromatic heterocycles. The van der Waals surface area contributed by atoms with E-state index >= 15 is 0 Å². The van der Waals surface area contributed by atoms with Gasteiger partial charge in [0.25, 0.3) is 10.0 Å². The summed E-state index contributed by atoms with van der Waals surface area (Å²) in [5.41, 5.74) is 3.98. The summed E-state index contributed by atoms with van der Waals surface area (Å²) in [4.78, 5) is 0.207. The number of hydrogen-bond acceptors (Lipinski definition) is 5. The molecule has 0 aliphatic heterocycles. The topological polar surface area (TPSA) is 89.2 Å². The fourth-order valence-electron chi connectivity index (χ4n) is 2.85. The first-order chi connectivity index (χ1) is 13.3. The summed E-state index contributed by atoms with van der Waals surface area (Å²) in [5, 5.41) is 12.7. The van der Waals surface area contributed by atoms with Crippen molar-refractivity contribution in [2.75, 3.05) is 4.72 Å². The number of sulfonamides is 1. The molecule has 28 heavy (non-hydrogen) atoms. The predicted molar refractivity (Wildman–Crippen MR) is 108 cm³/mol. The Bertz CT molecular complexity index is 1280. The lowest BCUT2D eigenvalue weighted by Gasteiger charge is -2.12. The van der Waals surface area contributed by atoms with Crippen molar-refractivity contribution < 1.29 is 8.42 Å². The second-order valence-corrected chi connectivity index (χ2v) is 8.46. The van der Waals surface area contributed by atoms with Crippen LogP contribution in [-0.4, -0.2) is 28.2 Å². The number of benzene rings is 2. The summed E-state index contributed by atoms with van der Waals surface area (Å²) in [6.45, 7) is 3.49. The highest BCUT2D eigenvalue weighted by Gasteiger charge is 2.18. The van der Waals surface area contributed by atoms with Gasteiger partial charge in [-0.1, -0.05) is 23.7 Å². The van der Waals surface area contributed by atoms with E-state index in [9.17, 15) is 8.42 Å². The fraction of sp³-hybridized carbons (Fsp3) is 0.105. The molecule has 0 saturated heterocycles. The molecule has 4 aromatic rings. The van der Waals surface area contributed by atoms with Crippen LogP contribution in [0.25, 0.3) is 16.9 Å². The predicted octanol–water partition coefficient (Wildman–Crippen LogP) is 3.86. The van der Waals surface area contributed by atoms with Gasteiger partial charge in [0.2, 0.25) is 0 Å². The second-order valence-electron chi connectivity index (χ2n) is 6.40. The lowest BCUT2D eigenvalue weighted by Crippen LogP contribution is -2.14. The molecular formula is C19H16ClN5O2S. The first kappa shape index (κ1) is 18.4. The summed E-state index contributed by atoms with van der Waals surface area (Å²) in [6, 6.07) is 13.9. The van der Waals surface area contributed by atoms with E-state index in [1.54, 1.807) is 54.8 Å². The molecule has 0 radical (unpaired) electrons. The number of nitrogens with one attached hydrogen (secondary N) is 1. The normalized spacial score (nSPS) is 11.7. The zero-order valence-corrected chi connectivity index (χ0v) is 16.7. The Morgan fingerprint density at radius 2 is 1.75 bits per heavy atom. The van der Waals surface area contributed by atoms with Crippen molar-refractivity contribution in [2.24, 2.45) is 0 Å². The number of rotatable bonds is 4. The average molecular weight is 414 g/mol. The molecular weight excluding hydrogens is 398 g/mol. The van der Waals surface area contributed by atoms with Gasteiger partial charge in [-0.3, -0.25) is 4.72 Å². The Kier molecular flexibility index (Phi) is 4.52. The van der Waals surface area contributed by atoms with E-state index in [0.717, 1.165) is 11.3 Å². The highest BCUT2D eigenvalue weighted by Crippen LogP contribution is 2.26. The van der Waals surface area contributed by atoms with Crippen LogP contribution in [0.4, 0.5) is 5.69 Å². The molecule has 2 heterocycles. The van der Waals surface area contributed by atoms with Gasteiger partial charge in [0.1, 0.15) is 6.33 Å². The van der Waals surface area contributed by atoms with Crippen LogP contribution in [-0.2, 0) is 10.0 Å². The third-order valence-electron chi connectivity index (χ3n) is 4.34. The van der Waals surface area contributed by atoms with Crippen molar-refractivity contribution >= 4 is 33.0 Å². The van der Waals surface area contributed by atoms with E-state index in [-0.39, 0.29) is 4.90 Å². The zero-order chi connectivity index (χ0) is 19.9. The summed E-state index contributed by atoms with van der Waals surface area (Å²) >= 11 is 6.07. The quantitative estimate of drug-likeness (QED) is 0.548. The van der Waals surface area contributed by atoms with Gasteiger partial charge < -0.3 is 0 Å². The van der Waals surface area contributed by atoms with E-state index < -0.39 is 10.0 Å². The van der Waals surface area contributed by atoms with E-state index in [1.165, 1.54) is 6.33 Å². The standard InChI is InChI=1S/C19H16ClN5O2S/c1-12-10-18(13(2)9-16(12)20)28(26,27)24-15-5-3-14(4-6-15)17-7-8-19-22-21-11-25(19)23-17/h3-11,24H,1-2H3. The molecule has 0 amide bonds. The lowest BCUT2D eigenvalue weighted by molar-refractivity contribution is 0.600. The average Bonchev–Trinajstić information content (AvgIpc) is 3.12. The van der Waals surface area contributed by atoms with Crippen molar-refractivity contribution in [2.45, 2.75) is 18.7 Å². The van der Waals surface area contributed by atoms with Crippen LogP contribution in [0.3, 0.4) is 0 Å². The van der Waals surface area contributed by atoms with Crippen molar-refractivity contribution in [1.82, 2.24) is 19.8 Å². The Morgan fingerprint density at radius 1 is 1.00 bits per heavy atom. The maximum atomic E-state index is 12.8. The fourth-order valence-corrected chi connectivity index (χ4v) is 4.43. The van der Waals surface area contributed by atoms with Crippen molar-refractivity contribution in [3.63, 3.8) is 0 Å². The van der Waals surface area contributed by atoms with Gasteiger partial charge >= 0.3 is 0 Å². The molecule has 0 fully saturated rings. The Balaban J connectivity index is 1.61. The van der Waals surface area contributed by atoms with Crippen LogP contribution < -0.4 is 4.72 Å². The monoisotopic (exact) mass is 413 g/mol. The first-order valence-corrected chi connectivity index (χ1v) is 10.3. The van der Waals surface area contributed by atoms with Crippen LogP contribution in [0.5, 0.6) is 0 Å². The molecule has 0 aliphatic carbocycles. The van der Waals surface area contributed by atoms with Gasteiger partial charge in [0.05, 0.1) is 10.6 Å². The molecule has 1 N–H and O–H groups in total. The number of hydrogen-bond donors (Lipinski definition) is 1. The molecule has 9 heteroatoms. The van der Waals surface area contributed by atoms with Gasteiger partial charge in [0.15, 0.2) is 5.65 Å². The third-order valence-corrected chi connectivity index (χ3v) is 6.27. The van der Waals surface area contributed by atoms with Crippen LogP contribution in [0.1, 0.15) is 11.1 Å². The van der Waals surface area contributed by atoms with Gasteiger partial charge in [-0.2, -0.15) is 9.61 Å². The lowest BCUT2D eigenvalue weighted by atomic mass is 10.1. The number of halogens is 1. The molecule has 4 rings (SSSR count). The maximum absolute atomic E-state index is 12.8. The highest BCUT2D eigenvalue weighted by molar-refractivity contribution is 7.92. The Hall–Kier alpha value is -2.97. The van der Waals surface area contributed by atoms with E-state index in [0.29, 0.717) is 27.5 Å². The molecule has 7 nitrogen and oxygen atoms in total. The van der Waals surface area contributed by atoms with Gasteiger partial charge in [0, 0.05) is 16.3 Å². The van der Waals surface area contributed by atoms with Gasteiger partial charge in [-0.15, -0.1) is 10.2 Å². The SMILES string of the molecule is Cc1cc(S(=O)(=O)Nc2ccc(-c3ccc4nncn4n3)cc2)c(C)cc1Cl. The van der Waals surface area contributed by atoms with Crippen molar-refractivity contribution in [3.8, 4) is 11.3 Å². The third kappa shape index (κ3) is 3.44. The Labute approximate surface area is 167 Å². The van der Waals surface area contributed by atoms with Crippen LogP contribution in [0.2, 0.25) is 5.02 Å². The highest BCUT2D eigenvalue weighted by atomic mass is 35.5. The summed E-state index contributed by atoms with van der Waals surface area (Å²) in [7, 11) is -3.73. The zero-order valence-electron chi connectivity index (χ0n) is 15.1. The largest absolute Gasteiger partial charge is 0.280 e. The van der Waals surface area contributed by atoms with E-state index in [2.05, 4.69) is 20.0 Å². The minimum Gasteiger partial charge on any atom is -0.280 e. The van der Waals surface area contributed by atoms with Crippen LogP contribution >= 0.6 is 11.6 Å². The minimum absolute atomic E-state index is 0.207. The number of aromatic nitrogens is 4. The van der Waals surface area contributed by atoms with Gasteiger partial charge in [-0.25, -0.2) is 8.42 Å². The number of aryl methyl sites for hydroxylation is 2. The molecule has 2 aromatic carbocycles. The van der Waals surface area contributed by atoms with Crippen molar-refractivity contribution in [3.05, 3.63) is 71.0 Å². The smallest absolute Gasteiger partial charge is 0.262 e. The maximum Gasteiger partial charge on any atom is 0.262 e. The molecule has 0 atom stereocenters. The van der Waals surface area contributed by atoms with Crippen LogP contribution in [0.15, 0.2) is 59.8 Å². The summed E-state index contributed by atoms with van der Waals surface area (Å²) in [5.74, 6) is 0. The minimum atomic E-state index is -3.73. The number of fused-ring (bicyclic) bond motifs is 1. The van der Waals surface area contributed by atoms with E-state index in [4.69, 9.17) is 11.6 Å².